The lowest BCUT2D eigenvalue weighted by Gasteiger charge is -2.09. The van der Waals surface area contributed by atoms with Crippen molar-refractivity contribution in [2.24, 2.45) is 14.1 Å². The SMILES string of the molecule is Cc1cc(C(F)(F)F)c2cc(C(=O)Nc3ccc4c(=O)n(C)c(=O)n(C)c4c3)oc2n1. The molecular formula is C20H15F3N4O4. The predicted octanol–water partition coefficient (Wildman–Crippen LogP) is 2.96. The van der Waals surface area contributed by atoms with Gasteiger partial charge in [-0.1, -0.05) is 0 Å². The number of aryl methyl sites for hydroxylation is 2. The fourth-order valence-corrected chi connectivity index (χ4v) is 3.34. The van der Waals surface area contributed by atoms with Crippen molar-refractivity contribution in [3.05, 3.63) is 68.2 Å². The van der Waals surface area contributed by atoms with Crippen LogP contribution >= 0.6 is 0 Å². The van der Waals surface area contributed by atoms with E-state index in [1.165, 1.54) is 43.8 Å². The topological polar surface area (TPSA) is 99.1 Å². The van der Waals surface area contributed by atoms with Gasteiger partial charge >= 0.3 is 11.9 Å². The lowest BCUT2D eigenvalue weighted by atomic mass is 10.1. The van der Waals surface area contributed by atoms with Crippen molar-refractivity contribution in [1.82, 2.24) is 14.1 Å². The number of nitrogens with one attached hydrogen (secondary N) is 1. The Morgan fingerprint density at radius 1 is 1.06 bits per heavy atom. The maximum Gasteiger partial charge on any atom is 0.417 e. The minimum absolute atomic E-state index is 0.0955. The van der Waals surface area contributed by atoms with Crippen LogP contribution in [0.4, 0.5) is 18.9 Å². The number of aromatic nitrogens is 3. The molecule has 1 aromatic carbocycles. The van der Waals surface area contributed by atoms with E-state index in [0.29, 0.717) is 0 Å². The third kappa shape index (κ3) is 3.37. The van der Waals surface area contributed by atoms with Crippen LogP contribution in [-0.4, -0.2) is 20.0 Å². The van der Waals surface area contributed by atoms with E-state index >= 15 is 0 Å². The highest BCUT2D eigenvalue weighted by Crippen LogP contribution is 2.36. The molecule has 0 bridgehead atoms. The molecule has 0 aliphatic heterocycles. The standard InChI is InChI=1S/C20H15F3N4O4/c1-9-6-13(20(21,22)23)12-8-15(31-17(12)24-9)16(28)25-10-4-5-11-14(7-10)26(2)19(30)27(3)18(11)29/h4-8H,1-3H3,(H,25,28). The van der Waals surface area contributed by atoms with Crippen molar-refractivity contribution < 1.29 is 22.4 Å². The summed E-state index contributed by atoms with van der Waals surface area (Å²) < 4.78 is 47.4. The van der Waals surface area contributed by atoms with Crippen LogP contribution in [0.25, 0.3) is 22.0 Å². The molecule has 0 spiro atoms. The minimum atomic E-state index is -4.64. The fraction of sp³-hybridized carbons (Fsp3) is 0.200. The second kappa shape index (κ2) is 6.83. The summed E-state index contributed by atoms with van der Waals surface area (Å²) in [6, 6.07) is 6.16. The van der Waals surface area contributed by atoms with Gasteiger partial charge in [0.05, 0.1) is 21.9 Å². The van der Waals surface area contributed by atoms with Gasteiger partial charge in [0.2, 0.25) is 5.71 Å². The molecule has 31 heavy (non-hydrogen) atoms. The Morgan fingerprint density at radius 2 is 1.77 bits per heavy atom. The van der Waals surface area contributed by atoms with E-state index in [9.17, 15) is 27.6 Å². The third-order valence-electron chi connectivity index (χ3n) is 4.89. The summed E-state index contributed by atoms with van der Waals surface area (Å²) >= 11 is 0. The summed E-state index contributed by atoms with van der Waals surface area (Å²) in [6.07, 6.45) is -4.64. The van der Waals surface area contributed by atoms with Gasteiger partial charge in [0.15, 0.2) is 5.76 Å². The first-order chi connectivity index (χ1) is 14.5. The van der Waals surface area contributed by atoms with Crippen LogP contribution in [0.15, 0.2) is 44.3 Å². The van der Waals surface area contributed by atoms with Gasteiger partial charge in [-0.05, 0) is 37.3 Å². The van der Waals surface area contributed by atoms with Crippen LogP contribution in [0.2, 0.25) is 0 Å². The molecule has 0 fully saturated rings. The molecule has 0 saturated carbocycles. The van der Waals surface area contributed by atoms with Gasteiger partial charge in [-0.15, -0.1) is 0 Å². The number of pyridine rings is 1. The Morgan fingerprint density at radius 3 is 2.45 bits per heavy atom. The van der Waals surface area contributed by atoms with Crippen LogP contribution < -0.4 is 16.6 Å². The van der Waals surface area contributed by atoms with Crippen molar-refractivity contribution in [2.75, 3.05) is 5.32 Å². The average molecular weight is 432 g/mol. The molecule has 0 saturated heterocycles. The molecule has 0 atom stereocenters. The molecule has 0 aliphatic rings. The molecule has 1 N–H and O–H groups in total. The molecule has 0 unspecified atom stereocenters. The Bertz CT molecular complexity index is 1500. The number of hydrogen-bond donors (Lipinski definition) is 1. The number of carbonyl (C=O) groups excluding carboxylic acids is 1. The van der Waals surface area contributed by atoms with E-state index in [1.807, 2.05) is 0 Å². The maximum atomic E-state index is 13.3. The summed E-state index contributed by atoms with van der Waals surface area (Å²) in [4.78, 5) is 40.9. The van der Waals surface area contributed by atoms with E-state index < -0.39 is 28.9 Å². The highest BCUT2D eigenvalue weighted by Gasteiger charge is 2.34. The summed E-state index contributed by atoms with van der Waals surface area (Å²) in [5.41, 5.74) is -1.68. The molecule has 0 aliphatic carbocycles. The Balaban J connectivity index is 1.75. The molecule has 1 amide bonds. The molecule has 3 aromatic heterocycles. The molecule has 0 radical (unpaired) electrons. The van der Waals surface area contributed by atoms with Gasteiger partial charge in [0, 0.05) is 25.5 Å². The Labute approximate surface area is 171 Å². The van der Waals surface area contributed by atoms with E-state index in [2.05, 4.69) is 10.3 Å². The maximum absolute atomic E-state index is 13.3. The van der Waals surface area contributed by atoms with E-state index in [1.54, 1.807) is 0 Å². The molecule has 4 aromatic rings. The zero-order valence-corrected chi connectivity index (χ0v) is 16.5. The molecule has 8 nitrogen and oxygen atoms in total. The second-order valence-corrected chi connectivity index (χ2v) is 7.03. The number of halogens is 3. The molecule has 3 heterocycles. The molecule has 11 heteroatoms. The summed E-state index contributed by atoms with van der Waals surface area (Å²) in [5, 5.41) is 2.44. The first-order valence-corrected chi connectivity index (χ1v) is 8.97. The number of benzene rings is 1. The van der Waals surface area contributed by atoms with E-state index in [4.69, 9.17) is 4.42 Å². The fourth-order valence-electron chi connectivity index (χ4n) is 3.34. The van der Waals surface area contributed by atoms with Crippen molar-refractivity contribution in [2.45, 2.75) is 13.1 Å². The smallest absolute Gasteiger partial charge is 0.417 e. The normalized spacial score (nSPS) is 11.9. The zero-order chi connectivity index (χ0) is 22.7. The van der Waals surface area contributed by atoms with Crippen molar-refractivity contribution >= 4 is 33.6 Å². The zero-order valence-electron chi connectivity index (χ0n) is 16.5. The number of nitrogens with zero attached hydrogens (tertiary/aromatic N) is 3. The third-order valence-corrected chi connectivity index (χ3v) is 4.89. The monoisotopic (exact) mass is 432 g/mol. The van der Waals surface area contributed by atoms with Gasteiger partial charge < -0.3 is 9.73 Å². The Hall–Kier alpha value is -3.89. The summed E-state index contributed by atoms with van der Waals surface area (Å²) in [7, 11) is 2.83. The highest BCUT2D eigenvalue weighted by atomic mass is 19.4. The number of hydrogen-bond acceptors (Lipinski definition) is 5. The quantitative estimate of drug-likeness (QED) is 0.525. The van der Waals surface area contributed by atoms with Crippen LogP contribution in [0.3, 0.4) is 0 Å². The number of furan rings is 1. The van der Waals surface area contributed by atoms with Gasteiger partial charge in [0.25, 0.3) is 11.5 Å². The van der Waals surface area contributed by atoms with Crippen molar-refractivity contribution in [1.29, 1.82) is 0 Å². The lowest BCUT2D eigenvalue weighted by Crippen LogP contribution is -2.36. The number of amides is 1. The number of carbonyl (C=O) groups is 1. The number of alkyl halides is 3. The summed E-state index contributed by atoms with van der Waals surface area (Å²) in [5.74, 6) is -1.17. The number of fused-ring (bicyclic) bond motifs is 2. The van der Waals surface area contributed by atoms with Crippen molar-refractivity contribution in [3.8, 4) is 0 Å². The van der Waals surface area contributed by atoms with E-state index in [-0.39, 0.29) is 39.1 Å². The van der Waals surface area contributed by atoms with Crippen LogP contribution in [0.1, 0.15) is 21.8 Å². The van der Waals surface area contributed by atoms with E-state index in [0.717, 1.165) is 16.7 Å². The average Bonchev–Trinajstić information content (AvgIpc) is 3.13. The minimum Gasteiger partial charge on any atom is -0.433 e. The largest absolute Gasteiger partial charge is 0.433 e. The predicted molar refractivity (Wildman–Crippen MR) is 106 cm³/mol. The van der Waals surface area contributed by atoms with Gasteiger partial charge in [-0.3, -0.25) is 18.7 Å². The first-order valence-electron chi connectivity index (χ1n) is 8.97. The van der Waals surface area contributed by atoms with Gasteiger partial charge in [-0.25, -0.2) is 9.78 Å². The first kappa shape index (κ1) is 20.4. The van der Waals surface area contributed by atoms with Crippen LogP contribution in [0, 0.1) is 6.92 Å². The van der Waals surface area contributed by atoms with Gasteiger partial charge in [0.1, 0.15) is 0 Å². The molecular weight excluding hydrogens is 417 g/mol. The van der Waals surface area contributed by atoms with Gasteiger partial charge in [-0.2, -0.15) is 13.2 Å². The summed E-state index contributed by atoms with van der Waals surface area (Å²) in [6.45, 7) is 1.39. The molecule has 160 valence electrons. The number of anilines is 1. The second-order valence-electron chi connectivity index (χ2n) is 7.03. The van der Waals surface area contributed by atoms with Crippen LogP contribution in [-0.2, 0) is 20.3 Å². The van der Waals surface area contributed by atoms with Crippen molar-refractivity contribution in [3.63, 3.8) is 0 Å². The highest BCUT2D eigenvalue weighted by molar-refractivity contribution is 6.05. The number of rotatable bonds is 2. The molecule has 4 rings (SSSR count). The Kier molecular flexibility index (Phi) is 4.49. The lowest BCUT2D eigenvalue weighted by molar-refractivity contribution is -0.136. The van der Waals surface area contributed by atoms with Crippen LogP contribution in [0.5, 0.6) is 0 Å².